The predicted octanol–water partition coefficient (Wildman–Crippen LogP) is 4.51. The maximum Gasteiger partial charge on any atom is 0.248 e. The molecule has 0 aliphatic carbocycles. The highest BCUT2D eigenvalue weighted by Gasteiger charge is 2.04. The fraction of sp³-hybridized carbons (Fsp3) is 0.167. The van der Waals surface area contributed by atoms with E-state index in [9.17, 15) is 4.79 Å². The third kappa shape index (κ3) is 5.14. The van der Waals surface area contributed by atoms with Gasteiger partial charge in [0.05, 0.1) is 13.7 Å². The Morgan fingerprint density at radius 3 is 2.74 bits per heavy atom. The zero-order chi connectivity index (χ0) is 16.7. The lowest BCUT2D eigenvalue weighted by atomic mass is 10.2. The summed E-state index contributed by atoms with van der Waals surface area (Å²) in [5.41, 5.74) is 1.59. The zero-order valence-electron chi connectivity index (χ0n) is 13.0. The number of hydrogen-bond donors (Lipinski definition) is 1. The van der Waals surface area contributed by atoms with Crippen molar-refractivity contribution in [1.82, 2.24) is 0 Å². The van der Waals surface area contributed by atoms with E-state index in [4.69, 9.17) is 9.47 Å². The largest absolute Gasteiger partial charge is 0.493 e. The molecule has 2 aromatic carbocycles. The van der Waals surface area contributed by atoms with Crippen molar-refractivity contribution in [3.63, 3.8) is 0 Å². The second-order valence-corrected chi connectivity index (χ2v) is 5.59. The standard InChI is InChI=1S/C18H18BrNO3/c1-3-23-16-9-7-13(11-17(16)22-2)8-10-18(21)20-15-6-4-5-14(19)12-15/h4-12H,3H2,1-2H3,(H,20,21)/b10-8+. The number of anilines is 1. The summed E-state index contributed by atoms with van der Waals surface area (Å²) in [6.45, 7) is 2.49. The van der Waals surface area contributed by atoms with Crippen LogP contribution in [0.1, 0.15) is 12.5 Å². The smallest absolute Gasteiger partial charge is 0.248 e. The second kappa shape index (κ2) is 8.39. The van der Waals surface area contributed by atoms with Crippen molar-refractivity contribution in [2.75, 3.05) is 19.0 Å². The van der Waals surface area contributed by atoms with Gasteiger partial charge in [0.25, 0.3) is 0 Å². The molecule has 0 saturated heterocycles. The second-order valence-electron chi connectivity index (χ2n) is 4.68. The van der Waals surface area contributed by atoms with E-state index in [-0.39, 0.29) is 5.91 Å². The van der Waals surface area contributed by atoms with Crippen molar-refractivity contribution in [3.8, 4) is 11.5 Å². The number of nitrogens with one attached hydrogen (secondary N) is 1. The van der Waals surface area contributed by atoms with E-state index < -0.39 is 0 Å². The summed E-state index contributed by atoms with van der Waals surface area (Å²) in [6, 6.07) is 13.0. The molecule has 4 nitrogen and oxygen atoms in total. The Balaban J connectivity index is 2.05. The minimum absolute atomic E-state index is 0.198. The molecule has 2 aromatic rings. The van der Waals surface area contributed by atoms with Gasteiger partial charge < -0.3 is 14.8 Å². The molecule has 0 unspecified atom stereocenters. The Hall–Kier alpha value is -2.27. The number of methoxy groups -OCH3 is 1. The number of rotatable bonds is 6. The van der Waals surface area contributed by atoms with Crippen molar-refractivity contribution in [1.29, 1.82) is 0 Å². The van der Waals surface area contributed by atoms with Gasteiger partial charge in [0.15, 0.2) is 11.5 Å². The van der Waals surface area contributed by atoms with E-state index in [0.717, 1.165) is 15.7 Å². The van der Waals surface area contributed by atoms with Crippen molar-refractivity contribution in [3.05, 3.63) is 58.6 Å². The molecular weight excluding hydrogens is 358 g/mol. The zero-order valence-corrected chi connectivity index (χ0v) is 14.6. The Morgan fingerprint density at radius 2 is 2.04 bits per heavy atom. The number of ether oxygens (including phenoxy) is 2. The Labute approximate surface area is 144 Å². The number of halogens is 1. The fourth-order valence-corrected chi connectivity index (χ4v) is 2.38. The summed E-state index contributed by atoms with van der Waals surface area (Å²) in [5, 5.41) is 2.80. The molecule has 1 N–H and O–H groups in total. The number of hydrogen-bond acceptors (Lipinski definition) is 3. The monoisotopic (exact) mass is 375 g/mol. The first-order valence-corrected chi connectivity index (χ1v) is 7.97. The fourth-order valence-electron chi connectivity index (χ4n) is 1.98. The van der Waals surface area contributed by atoms with E-state index in [1.54, 1.807) is 13.2 Å². The van der Waals surface area contributed by atoms with E-state index >= 15 is 0 Å². The highest BCUT2D eigenvalue weighted by atomic mass is 79.9. The lowest BCUT2D eigenvalue weighted by molar-refractivity contribution is -0.111. The third-order valence-corrected chi connectivity index (χ3v) is 3.50. The molecule has 2 rings (SSSR count). The first-order chi connectivity index (χ1) is 11.1. The minimum atomic E-state index is -0.198. The molecule has 120 valence electrons. The Bertz CT molecular complexity index is 713. The van der Waals surface area contributed by atoms with Crippen LogP contribution in [0.4, 0.5) is 5.69 Å². The normalized spacial score (nSPS) is 10.6. The first-order valence-electron chi connectivity index (χ1n) is 7.18. The van der Waals surface area contributed by atoms with Gasteiger partial charge >= 0.3 is 0 Å². The van der Waals surface area contributed by atoms with Gasteiger partial charge in [0.2, 0.25) is 5.91 Å². The summed E-state index contributed by atoms with van der Waals surface area (Å²) in [7, 11) is 1.59. The molecule has 0 aliphatic rings. The minimum Gasteiger partial charge on any atom is -0.493 e. The SMILES string of the molecule is CCOc1ccc(/C=C/C(=O)Nc2cccc(Br)c2)cc1OC. The Morgan fingerprint density at radius 1 is 1.22 bits per heavy atom. The topological polar surface area (TPSA) is 47.6 Å². The van der Waals surface area contributed by atoms with Gasteiger partial charge in [0.1, 0.15) is 0 Å². The van der Waals surface area contributed by atoms with Crippen LogP contribution in [-0.4, -0.2) is 19.6 Å². The van der Waals surface area contributed by atoms with Gasteiger partial charge in [-0.05, 0) is 48.9 Å². The van der Waals surface area contributed by atoms with Crippen LogP contribution in [-0.2, 0) is 4.79 Å². The molecule has 0 bridgehead atoms. The van der Waals surface area contributed by atoms with Gasteiger partial charge in [-0.15, -0.1) is 0 Å². The van der Waals surface area contributed by atoms with E-state index in [1.807, 2.05) is 49.4 Å². The summed E-state index contributed by atoms with van der Waals surface area (Å²) in [6.07, 6.45) is 3.21. The number of amides is 1. The summed E-state index contributed by atoms with van der Waals surface area (Å²) in [4.78, 5) is 12.0. The van der Waals surface area contributed by atoms with Crippen molar-refractivity contribution < 1.29 is 14.3 Å². The molecule has 0 spiro atoms. The van der Waals surface area contributed by atoms with Crippen LogP contribution in [0.25, 0.3) is 6.08 Å². The molecule has 5 heteroatoms. The molecule has 0 heterocycles. The molecule has 0 aromatic heterocycles. The predicted molar refractivity (Wildman–Crippen MR) is 96.0 cm³/mol. The lowest BCUT2D eigenvalue weighted by Crippen LogP contribution is -2.07. The molecule has 0 aliphatic heterocycles. The maximum absolute atomic E-state index is 12.0. The molecule has 23 heavy (non-hydrogen) atoms. The number of carbonyl (C=O) groups is 1. The summed E-state index contributed by atoms with van der Waals surface area (Å²) < 4.78 is 11.7. The average molecular weight is 376 g/mol. The molecule has 0 radical (unpaired) electrons. The molecule has 0 atom stereocenters. The van der Waals surface area contributed by atoms with Crippen LogP contribution in [0, 0.1) is 0 Å². The van der Waals surface area contributed by atoms with Gasteiger partial charge in [0, 0.05) is 16.2 Å². The first kappa shape index (κ1) is 17.1. The number of benzene rings is 2. The van der Waals surface area contributed by atoms with Crippen LogP contribution >= 0.6 is 15.9 Å². The van der Waals surface area contributed by atoms with Crippen LogP contribution in [0.5, 0.6) is 11.5 Å². The van der Waals surface area contributed by atoms with Crippen LogP contribution < -0.4 is 14.8 Å². The van der Waals surface area contributed by atoms with Gasteiger partial charge in [-0.2, -0.15) is 0 Å². The van der Waals surface area contributed by atoms with E-state index in [0.29, 0.717) is 18.1 Å². The van der Waals surface area contributed by atoms with Crippen molar-refractivity contribution >= 4 is 33.6 Å². The molecular formula is C18H18BrNO3. The van der Waals surface area contributed by atoms with Gasteiger partial charge in [-0.3, -0.25) is 4.79 Å². The summed E-state index contributed by atoms with van der Waals surface area (Å²) >= 11 is 3.37. The van der Waals surface area contributed by atoms with Gasteiger partial charge in [-0.1, -0.05) is 28.1 Å². The van der Waals surface area contributed by atoms with Crippen LogP contribution in [0.3, 0.4) is 0 Å². The van der Waals surface area contributed by atoms with Gasteiger partial charge in [-0.25, -0.2) is 0 Å². The van der Waals surface area contributed by atoms with Crippen molar-refractivity contribution in [2.45, 2.75) is 6.92 Å². The van der Waals surface area contributed by atoms with Crippen LogP contribution in [0.15, 0.2) is 53.0 Å². The summed E-state index contributed by atoms with van der Waals surface area (Å²) in [5.74, 6) is 1.13. The van der Waals surface area contributed by atoms with E-state index in [2.05, 4.69) is 21.2 Å². The highest BCUT2D eigenvalue weighted by Crippen LogP contribution is 2.28. The third-order valence-electron chi connectivity index (χ3n) is 3.01. The Kier molecular flexibility index (Phi) is 6.23. The number of carbonyl (C=O) groups excluding carboxylic acids is 1. The molecule has 0 saturated carbocycles. The maximum atomic E-state index is 12.0. The highest BCUT2D eigenvalue weighted by molar-refractivity contribution is 9.10. The lowest BCUT2D eigenvalue weighted by Gasteiger charge is -2.09. The quantitative estimate of drug-likeness (QED) is 0.755. The molecule has 0 fully saturated rings. The molecule has 1 amide bonds. The van der Waals surface area contributed by atoms with E-state index in [1.165, 1.54) is 6.08 Å². The van der Waals surface area contributed by atoms with Crippen LogP contribution in [0.2, 0.25) is 0 Å². The van der Waals surface area contributed by atoms with Crippen molar-refractivity contribution in [2.24, 2.45) is 0 Å². The average Bonchev–Trinajstić information content (AvgIpc) is 2.54.